The highest BCUT2D eigenvalue weighted by molar-refractivity contribution is 6.30. The summed E-state index contributed by atoms with van der Waals surface area (Å²) >= 11 is 6.01. The summed E-state index contributed by atoms with van der Waals surface area (Å²) in [7, 11) is 0. The fraction of sp³-hybridized carbons (Fsp3) is 0.222. The predicted molar refractivity (Wildman–Crippen MR) is 133 cm³/mol. The van der Waals surface area contributed by atoms with Gasteiger partial charge in [0, 0.05) is 43.4 Å². The first-order valence-electron chi connectivity index (χ1n) is 11.1. The number of rotatable bonds is 4. The molecule has 0 radical (unpaired) electrons. The zero-order valence-electron chi connectivity index (χ0n) is 18.4. The lowest BCUT2D eigenvalue weighted by Crippen LogP contribution is -2.46. The van der Waals surface area contributed by atoms with Crippen LogP contribution in [0.1, 0.15) is 11.3 Å². The van der Waals surface area contributed by atoms with Crippen molar-refractivity contribution in [3.05, 3.63) is 93.3 Å². The highest BCUT2D eigenvalue weighted by atomic mass is 35.5. The van der Waals surface area contributed by atoms with Crippen LogP contribution in [-0.4, -0.2) is 36.2 Å². The molecule has 33 heavy (non-hydrogen) atoms. The lowest BCUT2D eigenvalue weighted by atomic mass is 10.0. The number of fused-ring (bicyclic) bond motifs is 1. The molecule has 1 aliphatic heterocycles. The molecule has 1 aromatic heterocycles. The van der Waals surface area contributed by atoms with Crippen molar-refractivity contribution in [2.24, 2.45) is 0 Å². The molecule has 4 aromatic rings. The van der Waals surface area contributed by atoms with Crippen molar-refractivity contribution in [3.8, 4) is 16.9 Å². The van der Waals surface area contributed by atoms with Crippen LogP contribution in [0.2, 0.25) is 5.02 Å². The molecule has 0 bridgehead atoms. The van der Waals surface area contributed by atoms with E-state index in [1.807, 2.05) is 18.2 Å². The van der Waals surface area contributed by atoms with E-state index in [-0.39, 0.29) is 11.2 Å². The normalized spacial score (nSPS) is 14.7. The van der Waals surface area contributed by atoms with Gasteiger partial charge in [0.25, 0.3) is 0 Å². The molecule has 168 valence electrons. The summed E-state index contributed by atoms with van der Waals surface area (Å²) in [6, 6.07) is 20.8. The van der Waals surface area contributed by atoms with Gasteiger partial charge < -0.3 is 14.4 Å². The van der Waals surface area contributed by atoms with E-state index in [9.17, 15) is 9.90 Å². The SMILES string of the molecule is Cc1oc2c(CN3CCN(c4ccccc4)CC3)c(O)ccc2c(=O)c1-c1ccc(Cl)cc1. The first kappa shape index (κ1) is 21.6. The number of halogens is 1. The minimum Gasteiger partial charge on any atom is -0.507 e. The second-order valence-corrected chi connectivity index (χ2v) is 8.84. The first-order valence-corrected chi connectivity index (χ1v) is 11.5. The van der Waals surface area contributed by atoms with Crippen molar-refractivity contribution in [1.82, 2.24) is 4.90 Å². The number of hydrogen-bond acceptors (Lipinski definition) is 5. The zero-order valence-corrected chi connectivity index (χ0v) is 19.2. The highest BCUT2D eigenvalue weighted by Gasteiger charge is 2.22. The summed E-state index contributed by atoms with van der Waals surface area (Å²) in [4.78, 5) is 18.0. The standard InChI is InChI=1S/C27H25ClN2O3/c1-18-25(19-7-9-20(28)10-8-19)26(32)22-11-12-24(31)23(27(22)33-18)17-29-13-15-30(16-14-29)21-5-3-2-4-6-21/h2-12,31H,13-17H2,1H3. The van der Waals surface area contributed by atoms with Crippen LogP contribution in [0.5, 0.6) is 5.75 Å². The third-order valence-corrected chi connectivity index (χ3v) is 6.57. The smallest absolute Gasteiger partial charge is 0.200 e. The monoisotopic (exact) mass is 460 g/mol. The molecule has 2 heterocycles. The van der Waals surface area contributed by atoms with Crippen LogP contribution in [0.4, 0.5) is 5.69 Å². The van der Waals surface area contributed by atoms with Crippen LogP contribution in [0.15, 0.2) is 75.9 Å². The van der Waals surface area contributed by atoms with Gasteiger partial charge in [0.15, 0.2) is 0 Å². The Morgan fingerprint density at radius 1 is 0.939 bits per heavy atom. The van der Waals surface area contributed by atoms with Gasteiger partial charge in [0.1, 0.15) is 17.1 Å². The van der Waals surface area contributed by atoms with Crippen molar-refractivity contribution >= 4 is 28.3 Å². The molecule has 1 saturated heterocycles. The van der Waals surface area contributed by atoms with Gasteiger partial charge in [0.2, 0.25) is 5.43 Å². The molecule has 1 N–H and O–H groups in total. The summed E-state index contributed by atoms with van der Waals surface area (Å²) in [5.74, 6) is 0.672. The van der Waals surface area contributed by atoms with Crippen molar-refractivity contribution in [2.75, 3.05) is 31.1 Å². The molecule has 0 spiro atoms. The van der Waals surface area contributed by atoms with Crippen molar-refractivity contribution in [1.29, 1.82) is 0 Å². The minimum absolute atomic E-state index is 0.105. The Labute approximate surface area is 197 Å². The Morgan fingerprint density at radius 2 is 1.64 bits per heavy atom. The quantitative estimate of drug-likeness (QED) is 0.439. The number of benzene rings is 3. The number of phenols is 1. The average molecular weight is 461 g/mol. The summed E-state index contributed by atoms with van der Waals surface area (Å²) in [6.45, 7) is 5.83. The van der Waals surface area contributed by atoms with E-state index in [2.05, 4.69) is 34.1 Å². The molecule has 1 aliphatic rings. The molecule has 5 rings (SSSR count). The van der Waals surface area contributed by atoms with E-state index in [0.29, 0.717) is 39.4 Å². The number of para-hydroxylation sites is 1. The lowest BCUT2D eigenvalue weighted by molar-refractivity contribution is 0.246. The van der Waals surface area contributed by atoms with Gasteiger partial charge in [0.05, 0.1) is 16.5 Å². The minimum atomic E-state index is -0.105. The Kier molecular flexibility index (Phi) is 5.83. The van der Waals surface area contributed by atoms with Crippen LogP contribution in [-0.2, 0) is 6.54 Å². The number of nitrogens with zero attached hydrogens (tertiary/aromatic N) is 2. The Bertz CT molecular complexity index is 1340. The fourth-order valence-corrected chi connectivity index (χ4v) is 4.67. The fourth-order valence-electron chi connectivity index (χ4n) is 4.54. The second kappa shape index (κ2) is 8.93. The van der Waals surface area contributed by atoms with Gasteiger partial charge in [-0.2, -0.15) is 0 Å². The first-order chi connectivity index (χ1) is 16.0. The molecule has 0 saturated carbocycles. The molecular formula is C27H25ClN2O3. The van der Waals surface area contributed by atoms with Crippen molar-refractivity contribution in [2.45, 2.75) is 13.5 Å². The number of piperazine rings is 1. The van der Waals surface area contributed by atoms with Gasteiger partial charge in [-0.1, -0.05) is 41.9 Å². The van der Waals surface area contributed by atoms with E-state index < -0.39 is 0 Å². The largest absolute Gasteiger partial charge is 0.507 e. The van der Waals surface area contributed by atoms with Crippen LogP contribution in [0.25, 0.3) is 22.1 Å². The molecule has 0 atom stereocenters. The maximum absolute atomic E-state index is 13.4. The Morgan fingerprint density at radius 3 is 2.33 bits per heavy atom. The van der Waals surface area contributed by atoms with Crippen LogP contribution in [0.3, 0.4) is 0 Å². The second-order valence-electron chi connectivity index (χ2n) is 8.41. The van der Waals surface area contributed by atoms with E-state index >= 15 is 0 Å². The van der Waals surface area contributed by atoms with E-state index in [0.717, 1.165) is 31.7 Å². The predicted octanol–water partition coefficient (Wildman–Crippen LogP) is 5.45. The summed E-state index contributed by atoms with van der Waals surface area (Å²) < 4.78 is 6.17. The number of aromatic hydroxyl groups is 1. The van der Waals surface area contributed by atoms with Gasteiger partial charge in [-0.3, -0.25) is 9.69 Å². The molecular weight excluding hydrogens is 436 g/mol. The van der Waals surface area contributed by atoms with Gasteiger partial charge >= 0.3 is 0 Å². The topological polar surface area (TPSA) is 56.9 Å². The molecule has 0 unspecified atom stereocenters. The van der Waals surface area contributed by atoms with Gasteiger partial charge in [-0.05, 0) is 48.9 Å². The molecule has 0 amide bonds. The van der Waals surface area contributed by atoms with Crippen molar-refractivity contribution in [3.63, 3.8) is 0 Å². The molecule has 5 nitrogen and oxygen atoms in total. The highest BCUT2D eigenvalue weighted by Crippen LogP contribution is 2.32. The summed E-state index contributed by atoms with van der Waals surface area (Å²) in [6.07, 6.45) is 0. The molecule has 0 aliphatic carbocycles. The lowest BCUT2D eigenvalue weighted by Gasteiger charge is -2.36. The number of aryl methyl sites for hydroxylation is 1. The molecule has 3 aromatic carbocycles. The Hall–Kier alpha value is -3.28. The third kappa shape index (κ3) is 4.22. The molecule has 6 heteroatoms. The van der Waals surface area contributed by atoms with E-state index in [4.69, 9.17) is 16.0 Å². The van der Waals surface area contributed by atoms with Crippen LogP contribution in [0, 0.1) is 6.92 Å². The zero-order chi connectivity index (χ0) is 22.9. The van der Waals surface area contributed by atoms with Crippen LogP contribution < -0.4 is 10.3 Å². The van der Waals surface area contributed by atoms with E-state index in [1.54, 1.807) is 31.2 Å². The van der Waals surface area contributed by atoms with Gasteiger partial charge in [-0.15, -0.1) is 0 Å². The van der Waals surface area contributed by atoms with E-state index in [1.165, 1.54) is 5.69 Å². The maximum atomic E-state index is 13.4. The third-order valence-electron chi connectivity index (χ3n) is 6.32. The van der Waals surface area contributed by atoms with Crippen LogP contribution >= 0.6 is 11.6 Å². The maximum Gasteiger partial charge on any atom is 0.200 e. The average Bonchev–Trinajstić information content (AvgIpc) is 2.83. The summed E-state index contributed by atoms with van der Waals surface area (Å²) in [5.41, 5.74) is 3.52. The van der Waals surface area contributed by atoms with Gasteiger partial charge in [-0.25, -0.2) is 0 Å². The Balaban J connectivity index is 1.45. The number of hydrogen-bond donors (Lipinski definition) is 1. The molecule has 1 fully saturated rings. The van der Waals surface area contributed by atoms with Crippen molar-refractivity contribution < 1.29 is 9.52 Å². The number of anilines is 1. The summed E-state index contributed by atoms with van der Waals surface area (Å²) in [5, 5.41) is 11.7. The number of phenolic OH excluding ortho intramolecular Hbond substituents is 1.